The summed E-state index contributed by atoms with van der Waals surface area (Å²) in [5, 5.41) is 0.391. The molecular formula is C16H18ClNO2S. The predicted molar refractivity (Wildman–Crippen MR) is 87.4 cm³/mol. The van der Waals surface area contributed by atoms with Crippen molar-refractivity contribution in [2.75, 3.05) is 4.72 Å². The lowest BCUT2D eigenvalue weighted by Crippen LogP contribution is -2.19. The summed E-state index contributed by atoms with van der Waals surface area (Å²) in [5.41, 5.74) is 1.37. The van der Waals surface area contributed by atoms with Crippen LogP contribution in [0.5, 0.6) is 0 Å². The number of sulfonamides is 1. The van der Waals surface area contributed by atoms with Crippen molar-refractivity contribution in [2.24, 2.45) is 0 Å². The fourth-order valence-electron chi connectivity index (χ4n) is 2.06. The van der Waals surface area contributed by atoms with Gasteiger partial charge in [0.25, 0.3) is 10.0 Å². The molecule has 3 nitrogen and oxygen atoms in total. The van der Waals surface area contributed by atoms with E-state index < -0.39 is 10.0 Å². The number of benzene rings is 2. The molecule has 2 aromatic carbocycles. The van der Waals surface area contributed by atoms with Crippen molar-refractivity contribution < 1.29 is 8.42 Å². The van der Waals surface area contributed by atoms with Crippen molar-refractivity contribution in [3.8, 4) is 0 Å². The summed E-state index contributed by atoms with van der Waals surface area (Å²) < 4.78 is 27.6. The van der Waals surface area contributed by atoms with Gasteiger partial charge in [-0.3, -0.25) is 4.72 Å². The van der Waals surface area contributed by atoms with Crippen LogP contribution in [0.3, 0.4) is 0 Å². The van der Waals surface area contributed by atoms with Crippen molar-refractivity contribution in [3.05, 3.63) is 59.1 Å². The Labute approximate surface area is 131 Å². The molecule has 0 aliphatic carbocycles. The van der Waals surface area contributed by atoms with E-state index in [1.165, 1.54) is 12.1 Å². The Kier molecular flexibility index (Phi) is 4.30. The van der Waals surface area contributed by atoms with Gasteiger partial charge in [0, 0.05) is 5.02 Å². The average molecular weight is 324 g/mol. The molecule has 0 saturated carbocycles. The Hall–Kier alpha value is -1.52. The summed E-state index contributed by atoms with van der Waals surface area (Å²) in [7, 11) is -3.65. The first-order valence-corrected chi connectivity index (χ1v) is 8.44. The summed E-state index contributed by atoms with van der Waals surface area (Å²) in [5.74, 6) is 0. The first kappa shape index (κ1) is 15.9. The molecule has 0 bridgehead atoms. The van der Waals surface area contributed by atoms with Crippen LogP contribution in [0.4, 0.5) is 5.69 Å². The van der Waals surface area contributed by atoms with E-state index in [9.17, 15) is 8.42 Å². The minimum absolute atomic E-state index is 0.152. The van der Waals surface area contributed by atoms with Crippen LogP contribution >= 0.6 is 11.6 Å². The number of rotatable bonds is 3. The van der Waals surface area contributed by atoms with Crippen molar-refractivity contribution in [1.82, 2.24) is 0 Å². The van der Waals surface area contributed by atoms with E-state index >= 15 is 0 Å². The van der Waals surface area contributed by atoms with Crippen LogP contribution in [0.2, 0.25) is 5.02 Å². The fourth-order valence-corrected chi connectivity index (χ4v) is 3.44. The van der Waals surface area contributed by atoms with E-state index in [-0.39, 0.29) is 10.3 Å². The molecule has 0 amide bonds. The molecule has 0 aromatic heterocycles. The minimum Gasteiger partial charge on any atom is -0.279 e. The third kappa shape index (κ3) is 3.77. The van der Waals surface area contributed by atoms with Crippen LogP contribution in [0.15, 0.2) is 53.4 Å². The zero-order valence-corrected chi connectivity index (χ0v) is 13.8. The van der Waals surface area contributed by atoms with Crippen LogP contribution in [0.1, 0.15) is 26.3 Å². The van der Waals surface area contributed by atoms with Crippen LogP contribution < -0.4 is 4.72 Å². The molecule has 2 aromatic rings. The van der Waals surface area contributed by atoms with Crippen molar-refractivity contribution in [1.29, 1.82) is 0 Å². The first-order valence-electron chi connectivity index (χ1n) is 6.58. The molecule has 0 heterocycles. The second-order valence-corrected chi connectivity index (χ2v) is 7.98. The third-order valence-electron chi connectivity index (χ3n) is 3.09. The zero-order valence-electron chi connectivity index (χ0n) is 12.2. The van der Waals surface area contributed by atoms with E-state index in [1.54, 1.807) is 18.2 Å². The van der Waals surface area contributed by atoms with Gasteiger partial charge in [0.15, 0.2) is 0 Å². The average Bonchev–Trinajstić information content (AvgIpc) is 2.37. The lowest BCUT2D eigenvalue weighted by molar-refractivity contribution is 0.590. The largest absolute Gasteiger partial charge is 0.279 e. The van der Waals surface area contributed by atoms with E-state index in [0.29, 0.717) is 10.7 Å². The maximum Gasteiger partial charge on any atom is 0.261 e. The van der Waals surface area contributed by atoms with E-state index in [2.05, 4.69) is 4.72 Å². The van der Waals surface area contributed by atoms with Crippen molar-refractivity contribution >= 4 is 27.3 Å². The Morgan fingerprint density at radius 2 is 1.67 bits per heavy atom. The van der Waals surface area contributed by atoms with E-state index in [4.69, 9.17) is 11.6 Å². The molecule has 2 rings (SSSR count). The van der Waals surface area contributed by atoms with Gasteiger partial charge in [-0.15, -0.1) is 0 Å². The summed E-state index contributed by atoms with van der Waals surface area (Å²) in [4.78, 5) is 0.152. The molecule has 112 valence electrons. The first-order chi connectivity index (χ1) is 9.70. The molecule has 0 atom stereocenters. The molecule has 5 heteroatoms. The number of anilines is 1. The van der Waals surface area contributed by atoms with Gasteiger partial charge in [0.1, 0.15) is 0 Å². The maximum absolute atomic E-state index is 12.5. The highest BCUT2D eigenvalue weighted by Crippen LogP contribution is 2.30. The number of nitrogens with one attached hydrogen (secondary N) is 1. The summed E-state index contributed by atoms with van der Waals surface area (Å²) in [6, 6.07) is 13.6. The van der Waals surface area contributed by atoms with Gasteiger partial charge < -0.3 is 0 Å². The molecule has 1 N–H and O–H groups in total. The molecule has 0 radical (unpaired) electrons. The lowest BCUT2D eigenvalue weighted by Gasteiger charge is -2.23. The Morgan fingerprint density at radius 1 is 1.00 bits per heavy atom. The van der Waals surface area contributed by atoms with Gasteiger partial charge in [0.05, 0.1) is 10.6 Å². The monoisotopic (exact) mass is 323 g/mol. The topological polar surface area (TPSA) is 46.2 Å². The molecule has 0 fully saturated rings. The second-order valence-electron chi connectivity index (χ2n) is 5.86. The number of para-hydroxylation sites is 1. The standard InChI is InChI=1S/C16H18ClNO2S/c1-16(2,3)14-9-4-5-10-15(14)18-21(19,20)13-8-6-7-12(17)11-13/h4-11,18H,1-3H3. The Morgan fingerprint density at radius 3 is 2.29 bits per heavy atom. The highest BCUT2D eigenvalue weighted by atomic mass is 35.5. The fraction of sp³-hybridized carbons (Fsp3) is 0.250. The molecular weight excluding hydrogens is 306 g/mol. The molecule has 0 aliphatic rings. The van der Waals surface area contributed by atoms with Gasteiger partial charge in [-0.25, -0.2) is 8.42 Å². The van der Waals surface area contributed by atoms with Crippen molar-refractivity contribution in [2.45, 2.75) is 31.1 Å². The number of hydrogen-bond donors (Lipinski definition) is 1. The maximum atomic E-state index is 12.5. The highest BCUT2D eigenvalue weighted by molar-refractivity contribution is 7.92. The van der Waals surface area contributed by atoms with Gasteiger partial charge in [-0.1, -0.05) is 56.6 Å². The summed E-state index contributed by atoms with van der Waals surface area (Å²) >= 11 is 5.87. The molecule has 0 unspecified atom stereocenters. The molecule has 0 saturated heterocycles. The molecule has 0 spiro atoms. The third-order valence-corrected chi connectivity index (χ3v) is 4.68. The smallest absolute Gasteiger partial charge is 0.261 e. The lowest BCUT2D eigenvalue weighted by atomic mass is 9.86. The molecule has 21 heavy (non-hydrogen) atoms. The van der Waals surface area contributed by atoms with Crippen LogP contribution in [0.25, 0.3) is 0 Å². The minimum atomic E-state index is -3.65. The van der Waals surface area contributed by atoms with Gasteiger partial charge in [-0.05, 0) is 35.2 Å². The van der Waals surface area contributed by atoms with Gasteiger partial charge in [0.2, 0.25) is 0 Å². The molecule has 0 aliphatic heterocycles. The Balaban J connectivity index is 2.43. The second kappa shape index (κ2) is 5.70. The van der Waals surface area contributed by atoms with Gasteiger partial charge in [-0.2, -0.15) is 0 Å². The van der Waals surface area contributed by atoms with Gasteiger partial charge >= 0.3 is 0 Å². The normalized spacial score (nSPS) is 12.2. The van der Waals surface area contributed by atoms with E-state index in [0.717, 1.165) is 5.56 Å². The SMILES string of the molecule is CC(C)(C)c1ccccc1NS(=O)(=O)c1cccc(Cl)c1. The van der Waals surface area contributed by atoms with Crippen LogP contribution in [-0.2, 0) is 15.4 Å². The van der Waals surface area contributed by atoms with Crippen molar-refractivity contribution in [3.63, 3.8) is 0 Å². The number of halogens is 1. The highest BCUT2D eigenvalue weighted by Gasteiger charge is 2.21. The Bertz CT molecular complexity index is 749. The zero-order chi connectivity index (χ0) is 15.7. The summed E-state index contributed by atoms with van der Waals surface area (Å²) in [6.45, 7) is 6.12. The van der Waals surface area contributed by atoms with E-state index in [1.807, 2.05) is 39.0 Å². The van der Waals surface area contributed by atoms with Crippen LogP contribution in [-0.4, -0.2) is 8.42 Å². The number of hydrogen-bond acceptors (Lipinski definition) is 2. The quantitative estimate of drug-likeness (QED) is 0.907. The van der Waals surface area contributed by atoms with Crippen LogP contribution in [0, 0.1) is 0 Å². The summed E-state index contributed by atoms with van der Waals surface area (Å²) in [6.07, 6.45) is 0. The predicted octanol–water partition coefficient (Wildman–Crippen LogP) is 4.44.